The maximum Gasteiger partial charge on any atom is 0.0195 e. The van der Waals surface area contributed by atoms with E-state index in [0.29, 0.717) is 0 Å². The Morgan fingerprint density at radius 2 is 2.21 bits per heavy atom. The molecule has 0 bridgehead atoms. The molecule has 0 aromatic carbocycles. The van der Waals surface area contributed by atoms with Crippen molar-refractivity contribution in [2.75, 3.05) is 26.2 Å². The van der Waals surface area contributed by atoms with Crippen molar-refractivity contribution in [3.05, 3.63) is 0 Å². The highest BCUT2D eigenvalue weighted by Crippen LogP contribution is 2.08. The van der Waals surface area contributed by atoms with Crippen LogP contribution in [0.4, 0.5) is 0 Å². The van der Waals surface area contributed by atoms with Gasteiger partial charge in [-0.1, -0.05) is 20.8 Å². The van der Waals surface area contributed by atoms with Crippen LogP contribution >= 0.6 is 0 Å². The molecular weight excluding hydrogens is 172 g/mol. The highest BCUT2D eigenvalue weighted by atomic mass is 15.1. The summed E-state index contributed by atoms with van der Waals surface area (Å²) in [5.74, 6) is 0.834. The van der Waals surface area contributed by atoms with Crippen LogP contribution < -0.4 is 5.32 Å². The van der Waals surface area contributed by atoms with Crippen LogP contribution in [0.5, 0.6) is 0 Å². The lowest BCUT2D eigenvalue weighted by atomic mass is 10.1. The second kappa shape index (κ2) is 6.41. The van der Waals surface area contributed by atoms with Crippen LogP contribution in [0.3, 0.4) is 0 Å². The molecule has 1 aliphatic rings. The van der Waals surface area contributed by atoms with E-state index in [0.717, 1.165) is 12.0 Å². The van der Waals surface area contributed by atoms with Crippen molar-refractivity contribution in [2.45, 2.75) is 46.1 Å². The molecule has 1 fully saturated rings. The molecule has 1 heterocycles. The predicted molar refractivity (Wildman–Crippen MR) is 62.6 cm³/mol. The van der Waals surface area contributed by atoms with E-state index >= 15 is 0 Å². The molecule has 0 aliphatic carbocycles. The molecule has 2 heteroatoms. The van der Waals surface area contributed by atoms with Gasteiger partial charge in [-0.2, -0.15) is 0 Å². The number of rotatable bonds is 6. The van der Waals surface area contributed by atoms with Crippen molar-refractivity contribution in [3.63, 3.8) is 0 Å². The van der Waals surface area contributed by atoms with Gasteiger partial charge in [0.05, 0.1) is 0 Å². The molecule has 1 rings (SSSR count). The van der Waals surface area contributed by atoms with Gasteiger partial charge in [0.1, 0.15) is 0 Å². The Labute approximate surface area is 89.1 Å². The first-order valence-corrected chi connectivity index (χ1v) is 6.18. The summed E-state index contributed by atoms with van der Waals surface area (Å²) in [5.41, 5.74) is 0. The van der Waals surface area contributed by atoms with Crippen LogP contribution in [0.15, 0.2) is 0 Å². The van der Waals surface area contributed by atoms with Gasteiger partial charge >= 0.3 is 0 Å². The topological polar surface area (TPSA) is 15.3 Å². The van der Waals surface area contributed by atoms with Crippen LogP contribution in [0.25, 0.3) is 0 Å². The number of nitrogens with one attached hydrogen (secondary N) is 1. The quantitative estimate of drug-likeness (QED) is 0.703. The summed E-state index contributed by atoms with van der Waals surface area (Å²) in [4.78, 5) is 2.59. The second-order valence-electron chi connectivity index (χ2n) is 4.87. The Morgan fingerprint density at radius 1 is 1.43 bits per heavy atom. The first-order valence-electron chi connectivity index (χ1n) is 6.18. The highest BCUT2D eigenvalue weighted by Gasteiger charge is 2.16. The Bertz CT molecular complexity index is 139. The average Bonchev–Trinajstić information content (AvgIpc) is 2.64. The molecule has 2 nitrogen and oxygen atoms in total. The third-order valence-corrected chi connectivity index (χ3v) is 3.11. The fraction of sp³-hybridized carbons (Fsp3) is 1.00. The molecule has 0 amide bonds. The van der Waals surface area contributed by atoms with Crippen molar-refractivity contribution in [3.8, 4) is 0 Å². The molecule has 0 saturated carbocycles. The highest BCUT2D eigenvalue weighted by molar-refractivity contribution is 4.77. The fourth-order valence-electron chi connectivity index (χ4n) is 2.04. The Hall–Kier alpha value is -0.0800. The summed E-state index contributed by atoms with van der Waals surface area (Å²) in [5, 5.41) is 3.57. The average molecular weight is 198 g/mol. The summed E-state index contributed by atoms with van der Waals surface area (Å²) in [6.07, 6.45) is 4.07. The lowest BCUT2D eigenvalue weighted by molar-refractivity contribution is 0.247. The van der Waals surface area contributed by atoms with Gasteiger partial charge in [-0.15, -0.1) is 0 Å². The molecule has 0 spiro atoms. The van der Waals surface area contributed by atoms with E-state index in [9.17, 15) is 0 Å². The molecule has 0 radical (unpaired) electrons. The van der Waals surface area contributed by atoms with Crippen LogP contribution in [0.1, 0.15) is 40.0 Å². The van der Waals surface area contributed by atoms with Crippen molar-refractivity contribution >= 4 is 0 Å². The summed E-state index contributed by atoms with van der Waals surface area (Å²) in [6.45, 7) is 11.8. The minimum Gasteiger partial charge on any atom is -0.313 e. The van der Waals surface area contributed by atoms with E-state index in [1.807, 2.05) is 0 Å². The van der Waals surface area contributed by atoms with E-state index in [2.05, 4.69) is 31.0 Å². The summed E-state index contributed by atoms with van der Waals surface area (Å²) in [7, 11) is 0. The molecular formula is C12H26N2. The standard InChI is InChI=1S/C12H26N2/c1-4-14(9-7-11(2)3)10-12-6-5-8-13-12/h11-13H,4-10H2,1-3H3. The Balaban J connectivity index is 2.16. The van der Waals surface area contributed by atoms with Crippen LogP contribution in [-0.4, -0.2) is 37.1 Å². The van der Waals surface area contributed by atoms with Crippen molar-refractivity contribution in [1.29, 1.82) is 0 Å². The van der Waals surface area contributed by atoms with Gasteiger partial charge in [0.2, 0.25) is 0 Å². The van der Waals surface area contributed by atoms with E-state index in [4.69, 9.17) is 0 Å². The van der Waals surface area contributed by atoms with E-state index in [1.54, 1.807) is 0 Å². The first-order chi connectivity index (χ1) is 6.72. The van der Waals surface area contributed by atoms with Gasteiger partial charge in [0.15, 0.2) is 0 Å². The zero-order valence-electron chi connectivity index (χ0n) is 10.1. The summed E-state index contributed by atoms with van der Waals surface area (Å²) in [6, 6.07) is 0.766. The fourth-order valence-corrected chi connectivity index (χ4v) is 2.04. The molecule has 0 aromatic rings. The minimum absolute atomic E-state index is 0.766. The van der Waals surface area contributed by atoms with Crippen LogP contribution in [-0.2, 0) is 0 Å². The van der Waals surface area contributed by atoms with Gasteiger partial charge in [-0.3, -0.25) is 0 Å². The zero-order valence-corrected chi connectivity index (χ0v) is 10.1. The number of hydrogen-bond donors (Lipinski definition) is 1. The second-order valence-corrected chi connectivity index (χ2v) is 4.87. The molecule has 1 saturated heterocycles. The van der Waals surface area contributed by atoms with Gasteiger partial charge in [-0.25, -0.2) is 0 Å². The zero-order chi connectivity index (χ0) is 10.4. The lowest BCUT2D eigenvalue weighted by Crippen LogP contribution is -2.38. The first kappa shape index (κ1) is 12.0. The van der Waals surface area contributed by atoms with E-state index in [-0.39, 0.29) is 0 Å². The maximum absolute atomic E-state index is 3.57. The third kappa shape index (κ3) is 4.43. The third-order valence-electron chi connectivity index (χ3n) is 3.11. The largest absolute Gasteiger partial charge is 0.313 e. The van der Waals surface area contributed by atoms with Gasteiger partial charge in [0.25, 0.3) is 0 Å². The van der Waals surface area contributed by atoms with E-state index in [1.165, 1.54) is 45.4 Å². The number of likely N-dealkylation sites (N-methyl/N-ethyl adjacent to an activating group) is 1. The van der Waals surface area contributed by atoms with E-state index < -0.39 is 0 Å². The molecule has 1 unspecified atom stereocenters. The lowest BCUT2D eigenvalue weighted by Gasteiger charge is -2.24. The SMILES string of the molecule is CCN(CCC(C)C)CC1CCCN1. The van der Waals surface area contributed by atoms with Crippen LogP contribution in [0.2, 0.25) is 0 Å². The van der Waals surface area contributed by atoms with Gasteiger partial charge < -0.3 is 10.2 Å². The number of nitrogens with zero attached hydrogens (tertiary/aromatic N) is 1. The van der Waals surface area contributed by atoms with Crippen LogP contribution in [0, 0.1) is 5.92 Å². The summed E-state index contributed by atoms with van der Waals surface area (Å²) < 4.78 is 0. The molecule has 0 aromatic heterocycles. The molecule has 84 valence electrons. The van der Waals surface area contributed by atoms with Gasteiger partial charge in [0, 0.05) is 12.6 Å². The number of hydrogen-bond acceptors (Lipinski definition) is 2. The maximum atomic E-state index is 3.57. The smallest absolute Gasteiger partial charge is 0.0195 e. The summed E-state index contributed by atoms with van der Waals surface area (Å²) >= 11 is 0. The Kier molecular flexibility index (Phi) is 5.49. The molecule has 1 N–H and O–H groups in total. The van der Waals surface area contributed by atoms with Gasteiger partial charge in [-0.05, 0) is 44.8 Å². The molecule has 1 atom stereocenters. The normalized spacial score (nSPS) is 22.5. The van der Waals surface area contributed by atoms with Crippen molar-refractivity contribution in [2.24, 2.45) is 5.92 Å². The molecule has 1 aliphatic heterocycles. The van der Waals surface area contributed by atoms with Crippen molar-refractivity contribution in [1.82, 2.24) is 10.2 Å². The predicted octanol–water partition coefficient (Wildman–Crippen LogP) is 2.11. The minimum atomic E-state index is 0.766. The monoisotopic (exact) mass is 198 g/mol. The van der Waals surface area contributed by atoms with Crippen molar-refractivity contribution < 1.29 is 0 Å². The Morgan fingerprint density at radius 3 is 2.71 bits per heavy atom. The molecule has 14 heavy (non-hydrogen) atoms.